The van der Waals surface area contributed by atoms with Gasteiger partial charge in [-0.2, -0.15) is 4.98 Å². The van der Waals surface area contributed by atoms with Crippen LogP contribution < -0.4 is 10.4 Å². The van der Waals surface area contributed by atoms with Gasteiger partial charge in [-0.25, -0.2) is 4.79 Å². The fraction of sp³-hybridized carbons (Fsp3) is 0.600. The lowest BCUT2D eigenvalue weighted by Gasteiger charge is -2.03. The first-order valence-electron chi connectivity index (χ1n) is 7.25. The van der Waals surface area contributed by atoms with Gasteiger partial charge in [-0.15, -0.1) is 11.3 Å². The number of nitrogens with zero attached hydrogens (tertiary/aromatic N) is 1. The minimum Gasteiger partial charge on any atom is -0.450 e. The van der Waals surface area contributed by atoms with Crippen LogP contribution in [-0.2, 0) is 0 Å². The summed E-state index contributed by atoms with van der Waals surface area (Å²) in [5.41, 5.74) is -0.364. The number of aryl methyl sites for hydroxylation is 1. The Labute approximate surface area is 122 Å². The quantitative estimate of drug-likeness (QED) is 0.681. The third-order valence-corrected chi connectivity index (χ3v) is 4.10. The van der Waals surface area contributed by atoms with Crippen molar-refractivity contribution < 1.29 is 9.15 Å². The van der Waals surface area contributed by atoms with Crippen molar-refractivity contribution in [3.8, 4) is 6.08 Å². The highest BCUT2D eigenvalue weighted by Crippen LogP contribution is 2.22. The Morgan fingerprint density at radius 3 is 2.80 bits per heavy atom. The average molecular weight is 295 g/mol. The van der Waals surface area contributed by atoms with Crippen molar-refractivity contribution in [3.05, 3.63) is 21.4 Å². The normalized spacial score (nSPS) is 11.1. The molecular weight excluding hydrogens is 274 g/mol. The molecule has 0 aliphatic rings. The van der Waals surface area contributed by atoms with Crippen LogP contribution in [0.1, 0.15) is 50.3 Å². The molecule has 2 heterocycles. The molecule has 0 saturated heterocycles. The van der Waals surface area contributed by atoms with E-state index in [2.05, 4.69) is 11.9 Å². The van der Waals surface area contributed by atoms with E-state index in [9.17, 15) is 4.79 Å². The Hall–Kier alpha value is -1.36. The van der Waals surface area contributed by atoms with Crippen LogP contribution in [-0.4, -0.2) is 11.6 Å². The Bertz CT molecular complexity index is 603. The fourth-order valence-electron chi connectivity index (χ4n) is 2.07. The summed E-state index contributed by atoms with van der Waals surface area (Å²) in [4.78, 5) is 17.7. The van der Waals surface area contributed by atoms with E-state index in [1.807, 2.05) is 6.92 Å². The molecule has 5 heteroatoms. The highest BCUT2D eigenvalue weighted by molar-refractivity contribution is 7.18. The molecule has 0 aliphatic carbocycles. The van der Waals surface area contributed by atoms with Crippen LogP contribution in [0.5, 0.6) is 6.08 Å². The number of rotatable bonds is 8. The van der Waals surface area contributed by atoms with Crippen LogP contribution in [0.2, 0.25) is 0 Å². The van der Waals surface area contributed by atoms with E-state index in [1.165, 1.54) is 37.0 Å². The van der Waals surface area contributed by atoms with Gasteiger partial charge in [0.05, 0.1) is 12.0 Å². The summed E-state index contributed by atoms with van der Waals surface area (Å²) in [5.74, 6) is 0. The molecule has 0 bridgehead atoms. The standard InChI is InChI=1S/C15H21NO3S/c1-3-4-5-6-7-8-9-18-15-16-13-12(14(17)19-15)10-11(2)20-13/h10H,3-9H2,1-2H3. The highest BCUT2D eigenvalue weighted by Gasteiger charge is 2.09. The summed E-state index contributed by atoms with van der Waals surface area (Å²) in [5, 5.41) is 0.541. The minimum atomic E-state index is -0.364. The summed E-state index contributed by atoms with van der Waals surface area (Å²) in [7, 11) is 0. The number of unbranched alkanes of at least 4 members (excludes halogenated alkanes) is 5. The van der Waals surface area contributed by atoms with Gasteiger partial charge in [0.15, 0.2) is 0 Å². The van der Waals surface area contributed by atoms with E-state index >= 15 is 0 Å². The summed E-state index contributed by atoms with van der Waals surface area (Å²) in [6.07, 6.45) is 7.28. The van der Waals surface area contributed by atoms with E-state index in [0.29, 0.717) is 16.8 Å². The molecule has 0 N–H and O–H groups in total. The Balaban J connectivity index is 1.83. The van der Waals surface area contributed by atoms with Crippen LogP contribution >= 0.6 is 11.3 Å². The lowest BCUT2D eigenvalue weighted by molar-refractivity contribution is 0.211. The highest BCUT2D eigenvalue weighted by atomic mass is 32.1. The molecule has 0 atom stereocenters. The largest absolute Gasteiger partial charge is 0.450 e. The molecule has 0 aliphatic heterocycles. The smallest absolute Gasteiger partial charge is 0.397 e. The van der Waals surface area contributed by atoms with E-state index in [0.717, 1.165) is 17.7 Å². The maximum absolute atomic E-state index is 11.7. The van der Waals surface area contributed by atoms with Crippen LogP contribution in [0, 0.1) is 6.92 Å². The van der Waals surface area contributed by atoms with Crippen molar-refractivity contribution in [1.29, 1.82) is 0 Å². The maximum atomic E-state index is 11.7. The zero-order valence-corrected chi connectivity index (χ0v) is 12.9. The predicted molar refractivity (Wildman–Crippen MR) is 81.8 cm³/mol. The summed E-state index contributed by atoms with van der Waals surface area (Å²) in [6.45, 7) is 4.71. The number of thiophene rings is 1. The molecule has 0 spiro atoms. The maximum Gasteiger partial charge on any atom is 0.397 e. The first-order valence-corrected chi connectivity index (χ1v) is 8.06. The van der Waals surface area contributed by atoms with E-state index in [-0.39, 0.29) is 11.7 Å². The van der Waals surface area contributed by atoms with E-state index < -0.39 is 0 Å². The van der Waals surface area contributed by atoms with Crippen molar-refractivity contribution in [1.82, 2.24) is 4.98 Å². The lowest BCUT2D eigenvalue weighted by atomic mass is 10.1. The molecule has 0 unspecified atom stereocenters. The lowest BCUT2D eigenvalue weighted by Crippen LogP contribution is -2.05. The van der Waals surface area contributed by atoms with Gasteiger partial charge in [0, 0.05) is 4.88 Å². The predicted octanol–water partition coefficient (Wildman–Crippen LogP) is 4.30. The van der Waals surface area contributed by atoms with Crippen molar-refractivity contribution in [2.24, 2.45) is 0 Å². The second kappa shape index (κ2) is 7.43. The number of hydrogen-bond donors (Lipinski definition) is 0. The molecule has 0 radical (unpaired) electrons. The Kier molecular flexibility index (Phi) is 5.59. The molecular formula is C15H21NO3S. The van der Waals surface area contributed by atoms with Gasteiger partial charge in [0.1, 0.15) is 4.83 Å². The second-order valence-corrected chi connectivity index (χ2v) is 6.19. The zero-order valence-electron chi connectivity index (χ0n) is 12.1. The molecule has 110 valence electrons. The molecule has 0 fully saturated rings. The molecule has 2 aromatic rings. The van der Waals surface area contributed by atoms with Crippen molar-refractivity contribution in [3.63, 3.8) is 0 Å². The fourth-order valence-corrected chi connectivity index (χ4v) is 2.93. The Morgan fingerprint density at radius 1 is 1.25 bits per heavy atom. The monoisotopic (exact) mass is 295 g/mol. The van der Waals surface area contributed by atoms with Gasteiger partial charge in [0.25, 0.3) is 0 Å². The van der Waals surface area contributed by atoms with Crippen LogP contribution in [0.25, 0.3) is 10.2 Å². The molecule has 2 aromatic heterocycles. The Morgan fingerprint density at radius 2 is 2.00 bits per heavy atom. The zero-order chi connectivity index (χ0) is 14.4. The molecule has 2 rings (SSSR count). The van der Waals surface area contributed by atoms with Crippen molar-refractivity contribution in [2.75, 3.05) is 6.61 Å². The SMILES string of the molecule is CCCCCCCCOc1nc2sc(C)cc2c(=O)o1. The van der Waals surface area contributed by atoms with Crippen molar-refractivity contribution in [2.45, 2.75) is 52.4 Å². The number of hydrogen-bond acceptors (Lipinski definition) is 5. The molecule has 0 amide bonds. The van der Waals surface area contributed by atoms with Gasteiger partial charge in [-0.1, -0.05) is 39.0 Å². The second-order valence-electron chi connectivity index (χ2n) is 4.96. The molecule has 4 nitrogen and oxygen atoms in total. The molecule has 0 aromatic carbocycles. The summed E-state index contributed by atoms with van der Waals surface area (Å²) < 4.78 is 10.5. The number of fused-ring (bicyclic) bond motifs is 1. The number of aromatic nitrogens is 1. The first kappa shape index (κ1) is 15.0. The average Bonchev–Trinajstić information content (AvgIpc) is 2.79. The minimum absolute atomic E-state index is 0.0953. The summed E-state index contributed by atoms with van der Waals surface area (Å²) >= 11 is 1.48. The van der Waals surface area contributed by atoms with E-state index in [4.69, 9.17) is 9.15 Å². The summed E-state index contributed by atoms with van der Waals surface area (Å²) in [6, 6.07) is 1.80. The third kappa shape index (κ3) is 4.07. The van der Waals surface area contributed by atoms with Gasteiger partial charge < -0.3 is 9.15 Å². The number of ether oxygens (including phenoxy) is 1. The van der Waals surface area contributed by atoms with Gasteiger partial charge in [-0.3, -0.25) is 0 Å². The van der Waals surface area contributed by atoms with E-state index in [1.54, 1.807) is 6.07 Å². The van der Waals surface area contributed by atoms with Crippen LogP contribution in [0.15, 0.2) is 15.3 Å². The van der Waals surface area contributed by atoms with Crippen molar-refractivity contribution >= 4 is 21.6 Å². The van der Waals surface area contributed by atoms with Crippen LogP contribution in [0.3, 0.4) is 0 Å². The topological polar surface area (TPSA) is 52.3 Å². The van der Waals surface area contributed by atoms with Gasteiger partial charge in [-0.05, 0) is 19.4 Å². The molecule has 20 heavy (non-hydrogen) atoms. The third-order valence-electron chi connectivity index (χ3n) is 3.15. The molecule has 0 saturated carbocycles. The van der Waals surface area contributed by atoms with Crippen LogP contribution in [0.4, 0.5) is 0 Å². The van der Waals surface area contributed by atoms with Gasteiger partial charge >= 0.3 is 11.7 Å². The van der Waals surface area contributed by atoms with Gasteiger partial charge in [0.2, 0.25) is 0 Å². The first-order chi connectivity index (χ1) is 9.70.